The number of likely N-dealkylation sites (tertiary alicyclic amines) is 2. The van der Waals surface area contributed by atoms with Crippen molar-refractivity contribution in [1.29, 1.82) is 0 Å². The topological polar surface area (TPSA) is 53.5 Å². The molecule has 0 saturated carbocycles. The highest BCUT2D eigenvalue weighted by atomic mass is 32.1. The number of hydrogen-bond acceptors (Lipinski definition) is 4. The quantitative estimate of drug-likeness (QED) is 0.586. The number of thiazole rings is 1. The monoisotopic (exact) mass is 449 g/mol. The Morgan fingerprint density at radius 3 is 2.31 bits per heavy atom. The molecule has 0 spiro atoms. The lowest BCUT2D eigenvalue weighted by atomic mass is 9.79. The molecule has 3 aromatic rings. The second kappa shape index (κ2) is 8.82. The SMILES string of the molecule is O=C(c1cccc(-c2cccc(F)c2)c1)N1CC(C2CCN(C(=O)c3nccs3)CC2)C1. The van der Waals surface area contributed by atoms with Crippen molar-refractivity contribution in [2.45, 2.75) is 12.8 Å². The van der Waals surface area contributed by atoms with Gasteiger partial charge in [-0.15, -0.1) is 11.3 Å². The summed E-state index contributed by atoms with van der Waals surface area (Å²) in [6.45, 7) is 3.02. The summed E-state index contributed by atoms with van der Waals surface area (Å²) in [6, 6.07) is 13.8. The lowest BCUT2D eigenvalue weighted by Crippen LogP contribution is -2.54. The molecule has 5 rings (SSSR count). The van der Waals surface area contributed by atoms with Crippen LogP contribution in [-0.2, 0) is 0 Å². The molecular formula is C25H24FN3O2S. The number of carbonyl (C=O) groups excluding carboxylic acids is 2. The van der Waals surface area contributed by atoms with Crippen LogP contribution < -0.4 is 0 Å². The van der Waals surface area contributed by atoms with Gasteiger partial charge < -0.3 is 9.80 Å². The average molecular weight is 450 g/mol. The molecule has 0 atom stereocenters. The van der Waals surface area contributed by atoms with Crippen LogP contribution in [0, 0.1) is 17.7 Å². The molecule has 0 bridgehead atoms. The van der Waals surface area contributed by atoms with Crippen LogP contribution in [0.15, 0.2) is 60.1 Å². The smallest absolute Gasteiger partial charge is 0.282 e. The normalized spacial score (nSPS) is 17.3. The van der Waals surface area contributed by atoms with Crippen LogP contribution >= 0.6 is 11.3 Å². The van der Waals surface area contributed by atoms with Crippen molar-refractivity contribution in [1.82, 2.24) is 14.8 Å². The first kappa shape index (κ1) is 20.8. The Balaban J connectivity index is 1.16. The number of amides is 2. The number of carbonyl (C=O) groups is 2. The van der Waals surface area contributed by atoms with Crippen LogP contribution in [0.2, 0.25) is 0 Å². The Morgan fingerprint density at radius 1 is 0.906 bits per heavy atom. The molecule has 32 heavy (non-hydrogen) atoms. The number of halogens is 1. The fourth-order valence-electron chi connectivity index (χ4n) is 4.70. The van der Waals surface area contributed by atoms with E-state index in [1.54, 1.807) is 12.3 Å². The number of hydrogen-bond donors (Lipinski definition) is 0. The lowest BCUT2D eigenvalue weighted by Gasteiger charge is -2.46. The molecule has 1 aromatic heterocycles. The lowest BCUT2D eigenvalue weighted by molar-refractivity contribution is 0.0228. The Morgan fingerprint density at radius 2 is 1.62 bits per heavy atom. The van der Waals surface area contributed by atoms with Crippen molar-refractivity contribution in [2.24, 2.45) is 11.8 Å². The van der Waals surface area contributed by atoms with Gasteiger partial charge in [0.05, 0.1) is 0 Å². The molecule has 3 heterocycles. The van der Waals surface area contributed by atoms with Crippen molar-refractivity contribution in [2.75, 3.05) is 26.2 Å². The molecule has 2 amide bonds. The molecular weight excluding hydrogens is 425 g/mol. The summed E-state index contributed by atoms with van der Waals surface area (Å²) < 4.78 is 13.6. The van der Waals surface area contributed by atoms with E-state index in [9.17, 15) is 14.0 Å². The van der Waals surface area contributed by atoms with Gasteiger partial charge in [-0.3, -0.25) is 9.59 Å². The first-order valence-corrected chi connectivity index (χ1v) is 11.8. The third-order valence-corrected chi connectivity index (χ3v) is 7.33. The van der Waals surface area contributed by atoms with Crippen LogP contribution in [0.1, 0.15) is 33.0 Å². The predicted octanol–water partition coefficient (Wildman–Crippen LogP) is 4.57. The molecule has 0 radical (unpaired) electrons. The van der Waals surface area contributed by atoms with Crippen molar-refractivity contribution >= 4 is 23.2 Å². The second-order valence-electron chi connectivity index (χ2n) is 8.53. The van der Waals surface area contributed by atoms with Gasteiger partial charge in [-0.05, 0) is 60.1 Å². The second-order valence-corrected chi connectivity index (χ2v) is 9.42. The number of rotatable bonds is 4. The maximum Gasteiger partial charge on any atom is 0.282 e. The molecule has 2 aromatic carbocycles. The summed E-state index contributed by atoms with van der Waals surface area (Å²) in [5.41, 5.74) is 2.24. The van der Waals surface area contributed by atoms with Crippen molar-refractivity contribution in [3.8, 4) is 11.1 Å². The zero-order valence-electron chi connectivity index (χ0n) is 17.6. The van der Waals surface area contributed by atoms with Crippen molar-refractivity contribution in [3.63, 3.8) is 0 Å². The zero-order valence-corrected chi connectivity index (χ0v) is 18.4. The number of piperidine rings is 1. The highest BCUT2D eigenvalue weighted by Gasteiger charge is 2.38. The van der Waals surface area contributed by atoms with Crippen LogP contribution in [0.5, 0.6) is 0 Å². The van der Waals surface area contributed by atoms with E-state index in [1.165, 1.54) is 23.5 Å². The molecule has 7 heteroatoms. The summed E-state index contributed by atoms with van der Waals surface area (Å²) in [6.07, 6.45) is 3.61. The summed E-state index contributed by atoms with van der Waals surface area (Å²) in [4.78, 5) is 33.4. The Labute approximate surface area is 190 Å². The Hall–Kier alpha value is -3.06. The molecule has 0 unspecified atom stereocenters. The van der Waals surface area contributed by atoms with E-state index in [4.69, 9.17) is 0 Å². The first-order chi connectivity index (χ1) is 15.6. The first-order valence-electron chi connectivity index (χ1n) is 10.9. The maximum atomic E-state index is 13.6. The molecule has 5 nitrogen and oxygen atoms in total. The summed E-state index contributed by atoms with van der Waals surface area (Å²) in [5.74, 6) is 0.794. The van der Waals surface area contributed by atoms with Crippen molar-refractivity contribution in [3.05, 3.63) is 76.5 Å². The summed E-state index contributed by atoms with van der Waals surface area (Å²) in [5, 5.41) is 2.39. The minimum Gasteiger partial charge on any atom is -0.338 e. The van der Waals surface area contributed by atoms with Gasteiger partial charge in [0, 0.05) is 43.3 Å². The fourth-order valence-corrected chi connectivity index (χ4v) is 5.30. The number of aromatic nitrogens is 1. The van der Waals surface area contributed by atoms with Gasteiger partial charge in [0.2, 0.25) is 0 Å². The molecule has 0 N–H and O–H groups in total. The van der Waals surface area contributed by atoms with E-state index in [2.05, 4.69) is 4.98 Å². The van der Waals surface area contributed by atoms with E-state index in [-0.39, 0.29) is 17.6 Å². The third kappa shape index (κ3) is 4.17. The Kier molecular flexibility index (Phi) is 5.74. The van der Waals surface area contributed by atoms with Gasteiger partial charge in [-0.2, -0.15) is 0 Å². The third-order valence-electron chi connectivity index (χ3n) is 6.57. The number of nitrogens with zero attached hydrogens (tertiary/aromatic N) is 3. The van der Waals surface area contributed by atoms with E-state index < -0.39 is 0 Å². The standard InChI is InChI=1S/C25H24FN3O2S/c26-22-6-2-4-19(14-22)18-3-1-5-20(13-18)24(30)29-15-21(16-29)17-7-10-28(11-8-17)25(31)23-27-9-12-32-23/h1-6,9,12-14,17,21H,7-8,10-11,15-16H2. The molecule has 2 saturated heterocycles. The fraction of sp³-hybridized carbons (Fsp3) is 0.320. The van der Waals surface area contributed by atoms with Gasteiger partial charge in [0.25, 0.3) is 11.8 Å². The zero-order chi connectivity index (χ0) is 22.1. The molecule has 164 valence electrons. The van der Waals surface area contributed by atoms with Crippen LogP contribution in [0.4, 0.5) is 4.39 Å². The van der Waals surface area contributed by atoms with Crippen LogP contribution in [0.25, 0.3) is 11.1 Å². The molecule has 0 aliphatic carbocycles. The molecule has 2 fully saturated rings. The van der Waals surface area contributed by atoms with Crippen molar-refractivity contribution < 1.29 is 14.0 Å². The number of benzene rings is 2. The average Bonchev–Trinajstić information content (AvgIpc) is 3.33. The van der Waals surface area contributed by atoms with Gasteiger partial charge in [0.1, 0.15) is 5.82 Å². The Bertz CT molecular complexity index is 1120. The van der Waals surface area contributed by atoms with E-state index in [0.717, 1.165) is 50.1 Å². The minimum atomic E-state index is -0.288. The highest BCUT2D eigenvalue weighted by molar-refractivity contribution is 7.11. The van der Waals surface area contributed by atoms with Gasteiger partial charge in [-0.1, -0.05) is 24.3 Å². The van der Waals surface area contributed by atoms with Crippen LogP contribution in [-0.4, -0.2) is 52.8 Å². The maximum absolute atomic E-state index is 13.6. The van der Waals surface area contributed by atoms with Gasteiger partial charge in [0.15, 0.2) is 5.01 Å². The molecule has 2 aliphatic rings. The summed E-state index contributed by atoms with van der Waals surface area (Å²) in [7, 11) is 0. The minimum absolute atomic E-state index is 0.0240. The van der Waals surface area contributed by atoms with Crippen LogP contribution in [0.3, 0.4) is 0 Å². The highest BCUT2D eigenvalue weighted by Crippen LogP contribution is 2.33. The van der Waals surface area contributed by atoms with E-state index >= 15 is 0 Å². The largest absolute Gasteiger partial charge is 0.338 e. The van der Waals surface area contributed by atoms with E-state index in [1.807, 2.05) is 45.5 Å². The summed E-state index contributed by atoms with van der Waals surface area (Å²) >= 11 is 1.38. The molecule has 2 aliphatic heterocycles. The van der Waals surface area contributed by atoms with Gasteiger partial charge >= 0.3 is 0 Å². The van der Waals surface area contributed by atoms with E-state index in [0.29, 0.717) is 22.4 Å². The van der Waals surface area contributed by atoms with Gasteiger partial charge in [-0.25, -0.2) is 9.37 Å². The predicted molar refractivity (Wildman–Crippen MR) is 122 cm³/mol.